The van der Waals surface area contributed by atoms with Crippen LogP contribution in [0, 0.1) is 0 Å². The van der Waals surface area contributed by atoms with Crippen LogP contribution in [-0.4, -0.2) is 26.6 Å². The highest BCUT2D eigenvalue weighted by Crippen LogP contribution is 2.29. The number of fused-ring (bicyclic) bond motifs is 1. The van der Waals surface area contributed by atoms with Gasteiger partial charge in [-0.25, -0.2) is 0 Å². The molecule has 1 heterocycles. The average molecular weight is 351 g/mol. The van der Waals surface area contributed by atoms with E-state index in [9.17, 15) is 21.6 Å². The summed E-state index contributed by atoms with van der Waals surface area (Å²) in [5.41, 5.74) is -4.75. The van der Waals surface area contributed by atoms with Crippen LogP contribution in [0.5, 0.6) is 5.75 Å². The summed E-state index contributed by atoms with van der Waals surface area (Å²) in [6.45, 7) is 5.76. The van der Waals surface area contributed by atoms with Crippen LogP contribution < -0.4 is 9.37 Å². The number of aryl methyl sites for hydroxylation is 1. The molecule has 0 aliphatic carbocycles. The highest BCUT2D eigenvalue weighted by atomic mass is 32.2. The molecule has 0 atom stereocenters. The van der Waals surface area contributed by atoms with Gasteiger partial charge in [0.2, 0.25) is 0 Å². The third-order valence-corrected chi connectivity index (χ3v) is 6.18. The van der Waals surface area contributed by atoms with Crippen LogP contribution in [0.15, 0.2) is 24.4 Å². The molecule has 0 bridgehead atoms. The lowest BCUT2D eigenvalue weighted by Crippen LogP contribution is -2.41. The average Bonchev–Trinajstić information content (AvgIpc) is 2.67. The standard InChI is InChI=1S/C13H16F3NO3SSi/c1-17-8-7-9-5-6-10(12(11(9)17)22(2,3)4)20-21(18,19)13(14,15)16/h5-8H,1-4H3. The van der Waals surface area contributed by atoms with E-state index in [0.29, 0.717) is 10.7 Å². The van der Waals surface area contributed by atoms with E-state index in [2.05, 4.69) is 4.18 Å². The molecule has 0 saturated carbocycles. The van der Waals surface area contributed by atoms with Crippen LogP contribution in [-0.2, 0) is 17.2 Å². The third-order valence-electron chi connectivity index (χ3n) is 3.23. The highest BCUT2D eigenvalue weighted by Gasteiger charge is 2.49. The fourth-order valence-corrected chi connectivity index (χ4v) is 4.78. The molecule has 0 radical (unpaired) electrons. The molecule has 0 N–H and O–H groups in total. The summed E-state index contributed by atoms with van der Waals surface area (Å²) in [6, 6.07) is 4.67. The molecule has 0 fully saturated rings. The van der Waals surface area contributed by atoms with Gasteiger partial charge in [-0.2, -0.15) is 21.6 Å². The van der Waals surface area contributed by atoms with Crippen LogP contribution in [0.3, 0.4) is 0 Å². The third kappa shape index (κ3) is 2.87. The number of nitrogens with zero attached hydrogens (tertiary/aromatic N) is 1. The van der Waals surface area contributed by atoms with E-state index in [0.717, 1.165) is 5.39 Å². The minimum absolute atomic E-state index is 0.245. The van der Waals surface area contributed by atoms with Gasteiger partial charge in [0.1, 0.15) is 5.75 Å². The first kappa shape index (κ1) is 16.9. The topological polar surface area (TPSA) is 48.3 Å². The lowest BCUT2D eigenvalue weighted by molar-refractivity contribution is -0.0499. The summed E-state index contributed by atoms with van der Waals surface area (Å²) in [5, 5.41) is 1.38. The zero-order valence-electron chi connectivity index (χ0n) is 12.5. The summed E-state index contributed by atoms with van der Waals surface area (Å²) >= 11 is 0. The Balaban J connectivity index is 2.73. The number of rotatable bonds is 3. The molecular formula is C13H16F3NO3SSi. The van der Waals surface area contributed by atoms with Crippen molar-refractivity contribution >= 4 is 34.3 Å². The summed E-state index contributed by atoms with van der Waals surface area (Å²) in [4.78, 5) is 0. The Bertz CT molecular complexity index is 819. The van der Waals surface area contributed by atoms with Crippen LogP contribution in [0.1, 0.15) is 0 Å². The molecule has 22 heavy (non-hydrogen) atoms. The van der Waals surface area contributed by atoms with Crippen molar-refractivity contribution in [2.45, 2.75) is 25.1 Å². The summed E-state index contributed by atoms with van der Waals surface area (Å²) in [6.07, 6.45) is 1.77. The first-order valence-electron chi connectivity index (χ1n) is 6.44. The minimum atomic E-state index is -5.69. The molecule has 122 valence electrons. The zero-order chi connectivity index (χ0) is 16.9. The Labute approximate surface area is 127 Å². The Morgan fingerprint density at radius 1 is 1.14 bits per heavy atom. The maximum atomic E-state index is 12.6. The summed E-state index contributed by atoms with van der Waals surface area (Å²) in [7, 11) is -6.10. The van der Waals surface area contributed by atoms with Crippen LogP contribution in [0.2, 0.25) is 19.6 Å². The number of hydrogen-bond donors (Lipinski definition) is 0. The maximum absolute atomic E-state index is 12.6. The lowest BCUT2D eigenvalue weighted by Gasteiger charge is -2.23. The Morgan fingerprint density at radius 3 is 2.23 bits per heavy atom. The van der Waals surface area contributed by atoms with E-state index in [1.165, 1.54) is 6.07 Å². The van der Waals surface area contributed by atoms with E-state index in [1.807, 2.05) is 25.7 Å². The predicted octanol–water partition coefficient (Wildman–Crippen LogP) is 2.95. The Hall–Kier alpha value is -1.48. The smallest absolute Gasteiger partial charge is 0.376 e. The van der Waals surface area contributed by atoms with Crippen molar-refractivity contribution in [1.82, 2.24) is 4.57 Å². The van der Waals surface area contributed by atoms with Crippen LogP contribution >= 0.6 is 0 Å². The molecule has 2 aromatic rings. The van der Waals surface area contributed by atoms with E-state index in [-0.39, 0.29) is 5.75 Å². The van der Waals surface area contributed by atoms with Gasteiger partial charge >= 0.3 is 15.6 Å². The van der Waals surface area contributed by atoms with Gasteiger partial charge in [-0.15, -0.1) is 0 Å². The largest absolute Gasteiger partial charge is 0.534 e. The molecule has 2 rings (SSSR count). The number of aromatic nitrogens is 1. The van der Waals surface area contributed by atoms with Gasteiger partial charge < -0.3 is 8.75 Å². The molecule has 1 aromatic carbocycles. The molecule has 0 aliphatic heterocycles. The normalized spacial score (nSPS) is 13.6. The zero-order valence-corrected chi connectivity index (χ0v) is 14.3. The SMILES string of the molecule is Cn1ccc2ccc(OS(=O)(=O)C(F)(F)F)c([Si](C)(C)C)c21. The van der Waals surface area contributed by atoms with Crippen molar-refractivity contribution in [3.63, 3.8) is 0 Å². The van der Waals surface area contributed by atoms with Gasteiger partial charge in [0.05, 0.1) is 13.6 Å². The summed E-state index contributed by atoms with van der Waals surface area (Å²) < 4.78 is 66.5. The Morgan fingerprint density at radius 2 is 1.73 bits per heavy atom. The fraction of sp³-hybridized carbons (Fsp3) is 0.385. The second-order valence-corrected chi connectivity index (χ2v) is 12.6. The number of benzene rings is 1. The van der Waals surface area contributed by atoms with Gasteiger partial charge in [0, 0.05) is 18.4 Å². The van der Waals surface area contributed by atoms with Crippen molar-refractivity contribution in [1.29, 1.82) is 0 Å². The summed E-state index contributed by atoms with van der Waals surface area (Å²) in [5.74, 6) is -0.245. The number of hydrogen-bond acceptors (Lipinski definition) is 3. The number of halogens is 3. The second-order valence-electron chi connectivity index (χ2n) is 6.04. The molecule has 0 spiro atoms. The Kier molecular flexibility index (Phi) is 3.85. The van der Waals surface area contributed by atoms with Gasteiger partial charge in [0.15, 0.2) is 0 Å². The minimum Gasteiger partial charge on any atom is -0.376 e. The second kappa shape index (κ2) is 5.02. The van der Waals surface area contributed by atoms with Crippen molar-refractivity contribution in [2.75, 3.05) is 0 Å². The number of alkyl halides is 3. The van der Waals surface area contributed by atoms with Gasteiger partial charge in [-0.05, 0) is 23.6 Å². The molecular weight excluding hydrogens is 335 g/mol. The maximum Gasteiger partial charge on any atom is 0.534 e. The van der Waals surface area contributed by atoms with E-state index in [4.69, 9.17) is 0 Å². The molecule has 0 amide bonds. The lowest BCUT2D eigenvalue weighted by atomic mass is 10.2. The first-order chi connectivity index (χ1) is 9.84. The molecule has 0 aliphatic rings. The van der Waals surface area contributed by atoms with Crippen molar-refractivity contribution in [3.8, 4) is 5.75 Å². The van der Waals surface area contributed by atoms with Gasteiger partial charge in [-0.1, -0.05) is 19.6 Å². The van der Waals surface area contributed by atoms with Gasteiger partial charge in [-0.3, -0.25) is 0 Å². The first-order valence-corrected chi connectivity index (χ1v) is 11.3. The predicted molar refractivity (Wildman–Crippen MR) is 81.5 cm³/mol. The highest BCUT2D eigenvalue weighted by molar-refractivity contribution is 7.88. The molecule has 1 aromatic heterocycles. The quantitative estimate of drug-likeness (QED) is 0.485. The van der Waals surface area contributed by atoms with Crippen LogP contribution in [0.25, 0.3) is 10.9 Å². The monoisotopic (exact) mass is 351 g/mol. The van der Waals surface area contributed by atoms with Crippen molar-refractivity contribution < 1.29 is 25.8 Å². The molecule has 4 nitrogen and oxygen atoms in total. The van der Waals surface area contributed by atoms with E-state index >= 15 is 0 Å². The van der Waals surface area contributed by atoms with Crippen LogP contribution in [0.4, 0.5) is 13.2 Å². The fourth-order valence-electron chi connectivity index (χ4n) is 2.33. The molecule has 0 unspecified atom stereocenters. The van der Waals surface area contributed by atoms with Crippen molar-refractivity contribution in [2.24, 2.45) is 7.05 Å². The van der Waals surface area contributed by atoms with Gasteiger partial charge in [0.25, 0.3) is 0 Å². The molecule has 0 saturated heterocycles. The van der Waals surface area contributed by atoms with E-state index in [1.54, 1.807) is 23.9 Å². The molecule has 9 heteroatoms. The van der Waals surface area contributed by atoms with Crippen molar-refractivity contribution in [3.05, 3.63) is 24.4 Å². The van der Waals surface area contributed by atoms with E-state index < -0.39 is 23.7 Å².